The van der Waals surface area contributed by atoms with Gasteiger partial charge in [0.1, 0.15) is 24.5 Å². The fourth-order valence-electron chi connectivity index (χ4n) is 2.96. The number of rotatable bonds is 7. The average Bonchev–Trinajstić information content (AvgIpc) is 2.59. The number of anilines is 1. The summed E-state index contributed by atoms with van der Waals surface area (Å²) in [5.74, 6) is -0.384. The van der Waals surface area contributed by atoms with E-state index in [1.54, 1.807) is 0 Å². The van der Waals surface area contributed by atoms with Crippen LogP contribution in [0.2, 0.25) is 0 Å². The molecule has 0 spiro atoms. The molecule has 140 valence electrons. The SMILES string of the molecule is CCCn1c(N)c(C(=O)C[NH+](C)Cc2ccc(C)cc2)c(=O)n(C)c1=O. The van der Waals surface area contributed by atoms with Gasteiger partial charge in [-0.15, -0.1) is 0 Å². The van der Waals surface area contributed by atoms with Crippen LogP contribution in [0.25, 0.3) is 0 Å². The number of carbonyl (C=O) groups excluding carboxylic acids is 1. The highest BCUT2D eigenvalue weighted by molar-refractivity contribution is 6.00. The number of hydrogen-bond donors (Lipinski definition) is 2. The number of nitrogens with zero attached hydrogens (tertiary/aromatic N) is 2. The van der Waals surface area contributed by atoms with Crippen molar-refractivity contribution in [2.24, 2.45) is 7.05 Å². The summed E-state index contributed by atoms with van der Waals surface area (Å²) in [6.45, 7) is 5.06. The number of quaternary nitrogens is 1. The van der Waals surface area contributed by atoms with Crippen LogP contribution in [0.1, 0.15) is 34.8 Å². The van der Waals surface area contributed by atoms with Crippen LogP contribution in [0.3, 0.4) is 0 Å². The fourth-order valence-corrected chi connectivity index (χ4v) is 2.96. The maximum atomic E-state index is 12.7. The number of aryl methyl sites for hydroxylation is 1. The molecule has 2 rings (SSSR count). The van der Waals surface area contributed by atoms with Crippen molar-refractivity contribution in [3.63, 3.8) is 0 Å². The molecule has 7 nitrogen and oxygen atoms in total. The molecule has 1 heterocycles. The van der Waals surface area contributed by atoms with Crippen molar-refractivity contribution in [3.05, 3.63) is 61.8 Å². The number of nitrogens with one attached hydrogen (secondary N) is 1. The van der Waals surface area contributed by atoms with Gasteiger partial charge in [-0.25, -0.2) is 4.79 Å². The van der Waals surface area contributed by atoms with Gasteiger partial charge in [0.15, 0.2) is 0 Å². The molecule has 1 aromatic heterocycles. The van der Waals surface area contributed by atoms with Gasteiger partial charge in [0.25, 0.3) is 5.56 Å². The molecule has 0 aliphatic heterocycles. The molecule has 26 heavy (non-hydrogen) atoms. The molecular formula is C19H27N4O3+. The quantitative estimate of drug-likeness (QED) is 0.667. The van der Waals surface area contributed by atoms with E-state index in [1.807, 2.05) is 45.2 Å². The molecule has 0 amide bonds. The molecule has 0 aliphatic rings. The zero-order valence-electron chi connectivity index (χ0n) is 15.8. The standard InChI is InChI=1S/C19H26N4O3/c1-5-10-23-17(20)16(18(25)22(4)19(23)26)15(24)12-21(3)11-14-8-6-13(2)7-9-14/h6-9H,5,10-12,20H2,1-4H3/p+1. The summed E-state index contributed by atoms with van der Waals surface area (Å²) in [6, 6.07) is 8.11. The maximum absolute atomic E-state index is 12.7. The van der Waals surface area contributed by atoms with Crippen LogP contribution in [0.15, 0.2) is 33.9 Å². The van der Waals surface area contributed by atoms with Crippen LogP contribution in [-0.4, -0.2) is 28.5 Å². The minimum atomic E-state index is -0.631. The van der Waals surface area contributed by atoms with Crippen LogP contribution in [-0.2, 0) is 20.1 Å². The van der Waals surface area contributed by atoms with Gasteiger partial charge in [-0.3, -0.25) is 18.7 Å². The van der Waals surface area contributed by atoms with Crippen molar-refractivity contribution < 1.29 is 9.69 Å². The van der Waals surface area contributed by atoms with Crippen LogP contribution in [0.5, 0.6) is 0 Å². The van der Waals surface area contributed by atoms with Gasteiger partial charge in [-0.05, 0) is 13.3 Å². The van der Waals surface area contributed by atoms with Gasteiger partial charge in [0.2, 0.25) is 5.78 Å². The molecule has 0 saturated heterocycles. The number of likely N-dealkylation sites (N-methyl/N-ethyl adjacent to an activating group) is 1. The third kappa shape index (κ3) is 4.11. The van der Waals surface area contributed by atoms with Gasteiger partial charge < -0.3 is 10.6 Å². The largest absolute Gasteiger partial charge is 0.384 e. The van der Waals surface area contributed by atoms with E-state index in [9.17, 15) is 14.4 Å². The zero-order chi connectivity index (χ0) is 19.4. The summed E-state index contributed by atoms with van der Waals surface area (Å²) < 4.78 is 2.25. The van der Waals surface area contributed by atoms with Gasteiger partial charge in [0, 0.05) is 19.2 Å². The molecule has 7 heteroatoms. The predicted octanol–water partition coefficient (Wildman–Crippen LogP) is -0.255. The molecule has 1 atom stereocenters. The summed E-state index contributed by atoms with van der Waals surface area (Å²) in [7, 11) is 3.26. The molecule has 0 radical (unpaired) electrons. The molecule has 1 aromatic carbocycles. The molecular weight excluding hydrogens is 332 g/mol. The molecule has 0 saturated carbocycles. The van der Waals surface area contributed by atoms with E-state index in [0.717, 1.165) is 15.0 Å². The number of Topliss-reactive ketones (excluding diaryl/α,β-unsaturated/α-hetero) is 1. The van der Waals surface area contributed by atoms with Crippen LogP contribution in [0, 0.1) is 6.92 Å². The second kappa shape index (κ2) is 8.14. The Morgan fingerprint density at radius 3 is 2.38 bits per heavy atom. The number of hydrogen-bond acceptors (Lipinski definition) is 4. The van der Waals surface area contributed by atoms with Crippen molar-refractivity contribution in [3.8, 4) is 0 Å². The van der Waals surface area contributed by atoms with Crippen LogP contribution < -0.4 is 21.9 Å². The third-order valence-corrected chi connectivity index (χ3v) is 4.40. The van der Waals surface area contributed by atoms with E-state index < -0.39 is 11.2 Å². The number of carbonyl (C=O) groups is 1. The number of ketones is 1. The van der Waals surface area contributed by atoms with E-state index in [0.29, 0.717) is 19.5 Å². The highest BCUT2D eigenvalue weighted by Gasteiger charge is 2.23. The van der Waals surface area contributed by atoms with Crippen LogP contribution >= 0.6 is 0 Å². The monoisotopic (exact) mass is 359 g/mol. The van der Waals surface area contributed by atoms with Gasteiger partial charge in [-0.2, -0.15) is 0 Å². The topological polar surface area (TPSA) is 91.5 Å². The van der Waals surface area contributed by atoms with E-state index in [2.05, 4.69) is 0 Å². The first-order valence-corrected chi connectivity index (χ1v) is 8.75. The first kappa shape index (κ1) is 19.7. The molecule has 2 aromatic rings. The van der Waals surface area contributed by atoms with Crippen LogP contribution in [0.4, 0.5) is 5.82 Å². The number of benzene rings is 1. The highest BCUT2D eigenvalue weighted by Crippen LogP contribution is 2.06. The van der Waals surface area contributed by atoms with E-state index >= 15 is 0 Å². The Labute approximate surface area is 152 Å². The summed E-state index contributed by atoms with van der Waals surface area (Å²) in [5.41, 5.74) is 7.07. The van der Waals surface area contributed by atoms with Crippen molar-refractivity contribution in [1.82, 2.24) is 9.13 Å². The zero-order valence-corrected chi connectivity index (χ0v) is 15.8. The van der Waals surface area contributed by atoms with Crippen molar-refractivity contribution in [1.29, 1.82) is 0 Å². The highest BCUT2D eigenvalue weighted by atomic mass is 16.2. The van der Waals surface area contributed by atoms with E-state index in [1.165, 1.54) is 17.2 Å². The van der Waals surface area contributed by atoms with Gasteiger partial charge in [0.05, 0.1) is 7.05 Å². The number of nitrogen functional groups attached to an aromatic ring is 1. The lowest BCUT2D eigenvalue weighted by molar-refractivity contribution is -0.884. The van der Waals surface area contributed by atoms with Crippen molar-refractivity contribution in [2.45, 2.75) is 33.4 Å². The molecule has 0 bridgehead atoms. The summed E-state index contributed by atoms with van der Waals surface area (Å²) in [6.07, 6.45) is 0.675. The van der Waals surface area contributed by atoms with E-state index in [4.69, 9.17) is 5.73 Å². The molecule has 0 fully saturated rings. The predicted molar refractivity (Wildman–Crippen MR) is 102 cm³/mol. The Balaban J connectivity index is 2.27. The minimum absolute atomic E-state index is 0.0342. The van der Waals surface area contributed by atoms with Gasteiger partial charge >= 0.3 is 5.69 Å². The number of nitrogens with two attached hydrogens (primary N) is 1. The maximum Gasteiger partial charge on any atom is 0.332 e. The molecule has 3 N–H and O–H groups in total. The number of aromatic nitrogens is 2. The smallest absolute Gasteiger partial charge is 0.332 e. The molecule has 1 unspecified atom stereocenters. The second-order valence-electron chi connectivity index (χ2n) is 6.78. The lowest BCUT2D eigenvalue weighted by Crippen LogP contribution is -3.08. The normalized spacial score (nSPS) is 12.2. The average molecular weight is 359 g/mol. The summed E-state index contributed by atoms with van der Waals surface area (Å²) >= 11 is 0. The Morgan fingerprint density at radius 1 is 1.19 bits per heavy atom. The Bertz CT molecular complexity index is 910. The van der Waals surface area contributed by atoms with Crippen molar-refractivity contribution in [2.75, 3.05) is 19.3 Å². The first-order chi connectivity index (χ1) is 12.3. The van der Waals surface area contributed by atoms with Crippen molar-refractivity contribution >= 4 is 11.6 Å². The first-order valence-electron chi connectivity index (χ1n) is 8.75. The lowest BCUT2D eigenvalue weighted by Gasteiger charge is -2.16. The van der Waals surface area contributed by atoms with Gasteiger partial charge in [-0.1, -0.05) is 36.8 Å². The summed E-state index contributed by atoms with van der Waals surface area (Å²) in [4.78, 5) is 38.3. The fraction of sp³-hybridized carbons (Fsp3) is 0.421. The van der Waals surface area contributed by atoms with E-state index in [-0.39, 0.29) is 23.7 Å². The summed E-state index contributed by atoms with van der Waals surface area (Å²) in [5, 5.41) is 0. The lowest BCUT2D eigenvalue weighted by atomic mass is 10.1. The molecule has 0 aliphatic carbocycles. The third-order valence-electron chi connectivity index (χ3n) is 4.40. The second-order valence-corrected chi connectivity index (χ2v) is 6.78. The Morgan fingerprint density at radius 2 is 1.81 bits per heavy atom. The Hall–Kier alpha value is -2.67. The Kier molecular flexibility index (Phi) is 6.15. The minimum Gasteiger partial charge on any atom is -0.384 e.